The van der Waals surface area contributed by atoms with E-state index in [0.717, 1.165) is 42.4 Å². The summed E-state index contributed by atoms with van der Waals surface area (Å²) in [6.07, 6.45) is 2.20. The Labute approximate surface area is 126 Å². The van der Waals surface area contributed by atoms with Crippen molar-refractivity contribution in [2.24, 2.45) is 5.14 Å². The largest absolute Gasteiger partial charge is 0.370 e. The second kappa shape index (κ2) is 8.14. The van der Waals surface area contributed by atoms with E-state index < -0.39 is 10.0 Å². The zero-order valence-electron chi connectivity index (χ0n) is 12.9. The summed E-state index contributed by atoms with van der Waals surface area (Å²) in [5, 5.41) is 11.4. The zero-order valence-corrected chi connectivity index (χ0v) is 13.8. The van der Waals surface area contributed by atoms with Crippen molar-refractivity contribution < 1.29 is 8.42 Å². The number of nitrogens with zero attached hydrogens (tertiary/aromatic N) is 2. The van der Waals surface area contributed by atoms with Crippen molar-refractivity contribution in [2.75, 3.05) is 29.5 Å². The molecule has 7 nitrogen and oxygen atoms in total. The first-order chi connectivity index (χ1) is 9.87. The van der Waals surface area contributed by atoms with Gasteiger partial charge in [0.15, 0.2) is 0 Å². The Morgan fingerprint density at radius 3 is 2.14 bits per heavy atom. The molecule has 0 atom stereocenters. The molecule has 0 aliphatic rings. The van der Waals surface area contributed by atoms with E-state index in [4.69, 9.17) is 5.14 Å². The average molecular weight is 315 g/mol. The molecule has 0 fully saturated rings. The van der Waals surface area contributed by atoms with E-state index in [9.17, 15) is 8.42 Å². The minimum Gasteiger partial charge on any atom is -0.370 e. The molecule has 0 saturated carbocycles. The van der Waals surface area contributed by atoms with Crippen LogP contribution in [0.2, 0.25) is 0 Å². The number of anilines is 2. The van der Waals surface area contributed by atoms with Crippen LogP contribution in [0.3, 0.4) is 0 Å². The lowest BCUT2D eigenvalue weighted by Crippen LogP contribution is -2.19. The van der Waals surface area contributed by atoms with Crippen molar-refractivity contribution in [1.29, 1.82) is 0 Å². The van der Waals surface area contributed by atoms with Crippen LogP contribution in [0.1, 0.15) is 38.1 Å². The Kier molecular flexibility index (Phi) is 6.83. The van der Waals surface area contributed by atoms with Crippen LogP contribution in [-0.2, 0) is 16.4 Å². The first-order valence-electron chi connectivity index (χ1n) is 7.23. The lowest BCUT2D eigenvalue weighted by atomic mass is 10.2. The van der Waals surface area contributed by atoms with E-state index in [1.807, 2.05) is 13.8 Å². The maximum atomic E-state index is 10.9. The van der Waals surface area contributed by atoms with E-state index in [-0.39, 0.29) is 5.75 Å². The first kappa shape index (κ1) is 17.6. The highest BCUT2D eigenvalue weighted by molar-refractivity contribution is 7.89. The van der Waals surface area contributed by atoms with Crippen LogP contribution < -0.4 is 15.8 Å². The number of rotatable bonds is 9. The molecule has 0 aromatic carbocycles. The number of hydrogen-bond donors (Lipinski definition) is 3. The fourth-order valence-electron chi connectivity index (χ4n) is 1.79. The molecular formula is C13H25N5O2S. The highest BCUT2D eigenvalue weighted by Crippen LogP contribution is 2.20. The highest BCUT2D eigenvalue weighted by atomic mass is 32.2. The van der Waals surface area contributed by atoms with Crippen molar-refractivity contribution in [3.05, 3.63) is 11.4 Å². The summed E-state index contributed by atoms with van der Waals surface area (Å²) in [6, 6.07) is 0. The summed E-state index contributed by atoms with van der Waals surface area (Å²) in [5.41, 5.74) is 0.941. The molecule has 8 heteroatoms. The van der Waals surface area contributed by atoms with Crippen LogP contribution >= 0.6 is 0 Å². The van der Waals surface area contributed by atoms with Crippen LogP contribution in [-0.4, -0.2) is 37.2 Å². The standard InChI is InChI=1S/C13H25N5O2S/c1-4-7-15-12-10(3)13(18-11(5-2)17-12)16-8-6-9-21(14,19)20/h4-9H2,1-3H3,(H2,14,19,20)(H2,15,16,17,18). The van der Waals surface area contributed by atoms with Gasteiger partial charge in [0.25, 0.3) is 0 Å². The number of aromatic nitrogens is 2. The number of nitrogens with one attached hydrogen (secondary N) is 2. The van der Waals surface area contributed by atoms with Crippen LogP contribution in [0.5, 0.6) is 0 Å². The van der Waals surface area contributed by atoms with Crippen molar-refractivity contribution >= 4 is 21.7 Å². The van der Waals surface area contributed by atoms with E-state index in [2.05, 4.69) is 27.5 Å². The molecule has 4 N–H and O–H groups in total. The molecule has 120 valence electrons. The molecule has 0 unspecified atom stereocenters. The van der Waals surface area contributed by atoms with Gasteiger partial charge in [0.2, 0.25) is 10.0 Å². The van der Waals surface area contributed by atoms with Gasteiger partial charge < -0.3 is 10.6 Å². The predicted molar refractivity (Wildman–Crippen MR) is 86.0 cm³/mol. The Hall–Kier alpha value is -1.41. The second-order valence-electron chi connectivity index (χ2n) is 4.89. The second-order valence-corrected chi connectivity index (χ2v) is 6.62. The number of primary sulfonamides is 1. The molecule has 0 saturated heterocycles. The normalized spacial score (nSPS) is 11.4. The first-order valence-corrected chi connectivity index (χ1v) is 8.94. The maximum absolute atomic E-state index is 10.9. The number of sulfonamides is 1. The Morgan fingerprint density at radius 2 is 1.67 bits per heavy atom. The summed E-state index contributed by atoms with van der Waals surface area (Å²) in [4.78, 5) is 8.93. The summed E-state index contributed by atoms with van der Waals surface area (Å²) in [7, 11) is -3.41. The van der Waals surface area contributed by atoms with Gasteiger partial charge in [-0.2, -0.15) is 0 Å². The quantitative estimate of drug-likeness (QED) is 0.592. The minimum atomic E-state index is -3.41. The molecule has 1 aromatic rings. The molecular weight excluding hydrogens is 290 g/mol. The predicted octanol–water partition coefficient (Wildman–Crippen LogP) is 1.26. The van der Waals surface area contributed by atoms with Crippen molar-refractivity contribution in [3.63, 3.8) is 0 Å². The molecule has 0 aliphatic heterocycles. The molecule has 0 spiro atoms. The van der Waals surface area contributed by atoms with Gasteiger partial charge in [-0.05, 0) is 19.8 Å². The molecule has 0 aliphatic carbocycles. The summed E-state index contributed by atoms with van der Waals surface area (Å²) in [6.45, 7) is 7.39. The summed E-state index contributed by atoms with van der Waals surface area (Å²) < 4.78 is 21.8. The fourth-order valence-corrected chi connectivity index (χ4v) is 2.34. The lowest BCUT2D eigenvalue weighted by molar-refractivity contribution is 0.595. The maximum Gasteiger partial charge on any atom is 0.209 e. The highest BCUT2D eigenvalue weighted by Gasteiger charge is 2.10. The third-order valence-corrected chi connectivity index (χ3v) is 3.81. The van der Waals surface area contributed by atoms with Gasteiger partial charge in [-0.25, -0.2) is 23.5 Å². The van der Waals surface area contributed by atoms with E-state index in [1.54, 1.807) is 0 Å². The van der Waals surface area contributed by atoms with Gasteiger partial charge in [0.1, 0.15) is 17.5 Å². The number of aryl methyl sites for hydroxylation is 1. The summed E-state index contributed by atoms with van der Waals surface area (Å²) in [5.74, 6) is 2.30. The molecule has 1 heterocycles. The Bertz CT molecular complexity index is 560. The topological polar surface area (TPSA) is 110 Å². The molecule has 0 amide bonds. The van der Waals surface area contributed by atoms with Crippen LogP contribution in [0.4, 0.5) is 11.6 Å². The average Bonchev–Trinajstić information content (AvgIpc) is 2.42. The smallest absolute Gasteiger partial charge is 0.209 e. The van der Waals surface area contributed by atoms with Crippen molar-refractivity contribution in [3.8, 4) is 0 Å². The van der Waals surface area contributed by atoms with Gasteiger partial charge in [-0.1, -0.05) is 13.8 Å². The van der Waals surface area contributed by atoms with E-state index in [0.29, 0.717) is 13.0 Å². The molecule has 1 aromatic heterocycles. The van der Waals surface area contributed by atoms with Gasteiger partial charge in [0, 0.05) is 25.1 Å². The monoisotopic (exact) mass is 315 g/mol. The van der Waals surface area contributed by atoms with Gasteiger partial charge >= 0.3 is 0 Å². The lowest BCUT2D eigenvalue weighted by Gasteiger charge is -2.14. The van der Waals surface area contributed by atoms with E-state index in [1.165, 1.54) is 0 Å². The fraction of sp³-hybridized carbons (Fsp3) is 0.692. The van der Waals surface area contributed by atoms with Crippen LogP contribution in [0, 0.1) is 6.92 Å². The van der Waals surface area contributed by atoms with Crippen LogP contribution in [0.15, 0.2) is 0 Å². The number of nitrogens with two attached hydrogens (primary N) is 1. The van der Waals surface area contributed by atoms with Gasteiger partial charge in [-0.3, -0.25) is 0 Å². The number of hydrogen-bond acceptors (Lipinski definition) is 6. The molecule has 21 heavy (non-hydrogen) atoms. The third-order valence-electron chi connectivity index (χ3n) is 2.95. The Morgan fingerprint density at radius 1 is 1.10 bits per heavy atom. The van der Waals surface area contributed by atoms with Gasteiger partial charge in [0.05, 0.1) is 5.75 Å². The Balaban J connectivity index is 2.75. The molecule has 0 bridgehead atoms. The van der Waals surface area contributed by atoms with E-state index >= 15 is 0 Å². The summed E-state index contributed by atoms with van der Waals surface area (Å²) >= 11 is 0. The molecule has 0 radical (unpaired) electrons. The zero-order chi connectivity index (χ0) is 15.9. The third kappa shape index (κ3) is 6.26. The van der Waals surface area contributed by atoms with Crippen molar-refractivity contribution in [2.45, 2.75) is 40.0 Å². The van der Waals surface area contributed by atoms with Crippen molar-refractivity contribution in [1.82, 2.24) is 9.97 Å². The van der Waals surface area contributed by atoms with Gasteiger partial charge in [-0.15, -0.1) is 0 Å². The molecule has 1 rings (SSSR count). The van der Waals surface area contributed by atoms with Crippen LogP contribution in [0.25, 0.3) is 0 Å². The SMILES string of the molecule is CCCNc1nc(CC)nc(NCCCS(N)(=O)=O)c1C. The minimum absolute atomic E-state index is 0.0360.